The van der Waals surface area contributed by atoms with Crippen molar-refractivity contribution in [3.8, 4) is 0 Å². The van der Waals surface area contributed by atoms with Gasteiger partial charge in [-0.3, -0.25) is 9.59 Å². The molecule has 1 heterocycles. The molecule has 0 saturated heterocycles. The van der Waals surface area contributed by atoms with E-state index in [0.29, 0.717) is 0 Å². The summed E-state index contributed by atoms with van der Waals surface area (Å²) in [7, 11) is -1.05. The van der Waals surface area contributed by atoms with Crippen LogP contribution < -0.4 is 11.1 Å². The number of rotatable bonds is 7. The Kier molecular flexibility index (Phi) is 5.50. The minimum atomic E-state index is -1.05. The molecule has 2 amide bonds. The fraction of sp³-hybridized carbons (Fsp3) is 0.375. The van der Waals surface area contributed by atoms with Crippen LogP contribution in [0.4, 0.5) is 5.69 Å². The maximum Gasteiger partial charge on any atom is 0.288 e. The first kappa shape index (κ1) is 17.9. The Morgan fingerprint density at radius 1 is 1.21 bits per heavy atom. The summed E-state index contributed by atoms with van der Waals surface area (Å²) < 4.78 is 1.28. The number of nitrogens with zero attached hydrogens (tertiary/aromatic N) is 3. The minimum absolute atomic E-state index is 0.0301. The van der Waals surface area contributed by atoms with E-state index in [1.54, 1.807) is 0 Å². The van der Waals surface area contributed by atoms with Crippen LogP contribution in [0.2, 0.25) is 25.7 Å². The summed E-state index contributed by atoms with van der Waals surface area (Å²) in [6.07, 6.45) is 2.37. The molecule has 24 heavy (non-hydrogen) atoms. The number of aromatic nitrogens is 3. The fourth-order valence-corrected chi connectivity index (χ4v) is 3.14. The molecule has 0 fully saturated rings. The maximum absolute atomic E-state index is 12.0. The predicted molar refractivity (Wildman–Crippen MR) is 95.5 cm³/mol. The second-order valence-electron chi connectivity index (χ2n) is 6.94. The van der Waals surface area contributed by atoms with Crippen molar-refractivity contribution in [1.82, 2.24) is 14.8 Å². The lowest BCUT2D eigenvalue weighted by molar-refractivity contribution is -0.116. The summed E-state index contributed by atoms with van der Waals surface area (Å²) in [6, 6.07) is 9.11. The number of carbonyl (C=O) groups is 2. The van der Waals surface area contributed by atoms with Gasteiger partial charge in [0.2, 0.25) is 11.7 Å². The van der Waals surface area contributed by atoms with Crippen molar-refractivity contribution in [2.24, 2.45) is 5.73 Å². The molecule has 0 saturated carbocycles. The third-order valence-corrected chi connectivity index (χ3v) is 5.21. The molecule has 0 aliphatic heterocycles. The van der Waals surface area contributed by atoms with Crippen LogP contribution in [-0.4, -0.2) is 34.7 Å². The van der Waals surface area contributed by atoms with Crippen molar-refractivity contribution in [2.45, 2.75) is 38.7 Å². The van der Waals surface area contributed by atoms with Gasteiger partial charge >= 0.3 is 0 Å². The number of amides is 2. The van der Waals surface area contributed by atoms with Gasteiger partial charge in [-0.15, -0.1) is 5.10 Å². The summed E-state index contributed by atoms with van der Waals surface area (Å²) in [4.78, 5) is 26.6. The highest BCUT2D eigenvalue weighted by Gasteiger charge is 2.13. The molecule has 0 bridgehead atoms. The third-order valence-electron chi connectivity index (χ3n) is 3.46. The van der Waals surface area contributed by atoms with Gasteiger partial charge in [0.25, 0.3) is 5.91 Å². The number of carbonyl (C=O) groups excluding carboxylic acids is 2. The largest absolute Gasteiger partial charge is 0.363 e. The van der Waals surface area contributed by atoms with Crippen LogP contribution in [0.25, 0.3) is 0 Å². The van der Waals surface area contributed by atoms with E-state index in [0.717, 1.165) is 12.1 Å². The molecule has 0 aliphatic carbocycles. The van der Waals surface area contributed by atoms with Gasteiger partial charge in [-0.2, -0.15) is 0 Å². The molecule has 2 rings (SSSR count). The first-order chi connectivity index (χ1) is 11.2. The van der Waals surface area contributed by atoms with Gasteiger partial charge in [-0.05, 0) is 24.1 Å². The average Bonchev–Trinajstić information content (AvgIpc) is 2.94. The van der Waals surface area contributed by atoms with Gasteiger partial charge in [0, 0.05) is 13.8 Å². The van der Waals surface area contributed by atoms with Gasteiger partial charge in [0.1, 0.15) is 12.9 Å². The molecule has 1 aromatic heterocycles. The molecule has 0 aliphatic rings. The van der Waals surface area contributed by atoms with E-state index >= 15 is 0 Å². The molecule has 0 unspecified atom stereocenters. The Morgan fingerprint density at radius 2 is 1.88 bits per heavy atom. The van der Waals surface area contributed by atoms with Crippen molar-refractivity contribution >= 4 is 25.6 Å². The zero-order valence-corrected chi connectivity index (χ0v) is 15.2. The summed E-state index contributed by atoms with van der Waals surface area (Å²) in [5.74, 6) is -1.07. The number of hydrogen-bond acceptors (Lipinski definition) is 4. The highest BCUT2D eigenvalue weighted by Crippen LogP contribution is 2.16. The van der Waals surface area contributed by atoms with Crippen LogP contribution in [-0.2, 0) is 17.8 Å². The zero-order chi connectivity index (χ0) is 17.7. The van der Waals surface area contributed by atoms with Crippen molar-refractivity contribution < 1.29 is 9.59 Å². The number of primary amides is 1. The first-order valence-electron chi connectivity index (χ1n) is 7.81. The first-order valence-corrected chi connectivity index (χ1v) is 11.5. The second kappa shape index (κ2) is 7.39. The molecular weight excluding hydrogens is 322 g/mol. The normalized spacial score (nSPS) is 11.3. The number of nitrogens with two attached hydrogens (primary N) is 1. The van der Waals surface area contributed by atoms with Crippen molar-refractivity contribution in [1.29, 1.82) is 0 Å². The number of hydrogen-bond donors (Lipinski definition) is 2. The van der Waals surface area contributed by atoms with Crippen LogP contribution in [0.3, 0.4) is 0 Å². The molecule has 0 spiro atoms. The highest BCUT2D eigenvalue weighted by atomic mass is 28.3. The van der Waals surface area contributed by atoms with E-state index in [4.69, 9.17) is 5.73 Å². The summed E-state index contributed by atoms with van der Waals surface area (Å²) in [6.45, 7) is 7.04. The zero-order valence-electron chi connectivity index (χ0n) is 14.2. The molecule has 8 heteroatoms. The minimum Gasteiger partial charge on any atom is -0.363 e. The van der Waals surface area contributed by atoms with Crippen molar-refractivity contribution in [3.63, 3.8) is 0 Å². The fourth-order valence-electron chi connectivity index (χ4n) is 2.11. The maximum atomic E-state index is 12.0. The molecule has 2 aromatic rings. The summed E-state index contributed by atoms with van der Waals surface area (Å²) in [5, 5.41) is 6.62. The van der Waals surface area contributed by atoms with E-state index in [1.807, 2.05) is 24.3 Å². The second-order valence-corrected chi connectivity index (χ2v) is 12.6. The topological polar surface area (TPSA) is 103 Å². The van der Waals surface area contributed by atoms with Crippen LogP contribution >= 0.6 is 0 Å². The van der Waals surface area contributed by atoms with Gasteiger partial charge in [-0.1, -0.05) is 37.8 Å². The lowest BCUT2D eigenvalue weighted by atomic mass is 10.1. The van der Waals surface area contributed by atoms with Gasteiger partial charge in [-0.25, -0.2) is 9.67 Å². The monoisotopic (exact) mass is 345 g/mol. The SMILES string of the molecule is C[Si](C)(C)CCc1ccc(NC(=O)Cn2cnc(C(N)=O)n2)cc1. The third kappa shape index (κ3) is 5.62. The molecule has 7 nitrogen and oxygen atoms in total. The van der Waals surface area contributed by atoms with E-state index in [9.17, 15) is 9.59 Å². The van der Waals surface area contributed by atoms with E-state index in [2.05, 4.69) is 35.0 Å². The standard InChI is InChI=1S/C16H23N5O2Si/c1-24(2,3)9-8-12-4-6-13(7-5-12)19-14(22)10-21-11-18-16(20-21)15(17)23/h4-7,11H,8-10H2,1-3H3,(H2,17,23)(H,19,22). The number of anilines is 1. The predicted octanol–water partition coefficient (Wildman–Crippen LogP) is 1.90. The molecule has 0 radical (unpaired) electrons. The van der Waals surface area contributed by atoms with E-state index in [-0.39, 0.29) is 18.3 Å². The van der Waals surface area contributed by atoms with Crippen molar-refractivity contribution in [3.05, 3.63) is 42.0 Å². The van der Waals surface area contributed by atoms with Crippen molar-refractivity contribution in [2.75, 3.05) is 5.32 Å². The Hall–Kier alpha value is -2.48. The van der Waals surface area contributed by atoms with E-state index < -0.39 is 14.0 Å². The molecule has 0 atom stereocenters. The van der Waals surface area contributed by atoms with Gasteiger partial charge in [0.15, 0.2) is 0 Å². The average molecular weight is 345 g/mol. The van der Waals surface area contributed by atoms with E-state index in [1.165, 1.54) is 22.6 Å². The molecular formula is C16H23N5O2Si. The quantitative estimate of drug-likeness (QED) is 0.748. The van der Waals surface area contributed by atoms with Crippen LogP contribution in [0.5, 0.6) is 0 Å². The molecule has 1 aromatic carbocycles. The van der Waals surface area contributed by atoms with Gasteiger partial charge < -0.3 is 11.1 Å². The Labute approximate surface area is 142 Å². The number of benzene rings is 1. The lowest BCUT2D eigenvalue weighted by Crippen LogP contribution is -2.20. The van der Waals surface area contributed by atoms with Crippen LogP contribution in [0, 0.1) is 0 Å². The Bertz CT molecular complexity index is 719. The van der Waals surface area contributed by atoms with Crippen LogP contribution in [0.15, 0.2) is 30.6 Å². The number of aryl methyl sites for hydroxylation is 1. The van der Waals surface area contributed by atoms with Gasteiger partial charge in [0.05, 0.1) is 0 Å². The summed E-state index contributed by atoms with van der Waals surface area (Å²) in [5.41, 5.74) is 7.08. The smallest absolute Gasteiger partial charge is 0.288 e. The summed E-state index contributed by atoms with van der Waals surface area (Å²) >= 11 is 0. The molecule has 128 valence electrons. The highest BCUT2D eigenvalue weighted by molar-refractivity contribution is 6.76. The Balaban J connectivity index is 1.88. The van der Waals surface area contributed by atoms with Crippen LogP contribution in [0.1, 0.15) is 16.2 Å². The molecule has 3 N–H and O–H groups in total. The lowest BCUT2D eigenvalue weighted by Gasteiger charge is -2.15. The Morgan fingerprint density at radius 3 is 2.42 bits per heavy atom. The number of nitrogens with one attached hydrogen (secondary N) is 1.